The molecular weight excluding hydrogens is 240 g/mol. The Morgan fingerprint density at radius 2 is 2.05 bits per heavy atom. The molecule has 0 spiro atoms. The quantitative estimate of drug-likeness (QED) is 0.868. The zero-order valence-electron chi connectivity index (χ0n) is 11.4. The van der Waals surface area contributed by atoms with Gasteiger partial charge in [-0.15, -0.1) is 0 Å². The average molecular weight is 260 g/mol. The van der Waals surface area contributed by atoms with Crippen molar-refractivity contribution in [2.45, 2.75) is 38.1 Å². The first-order valence-corrected chi connectivity index (χ1v) is 6.81. The van der Waals surface area contributed by atoms with E-state index in [1.807, 2.05) is 12.1 Å². The molecule has 1 aliphatic carbocycles. The van der Waals surface area contributed by atoms with Crippen LogP contribution in [0.2, 0.25) is 0 Å². The number of nitrogens with zero attached hydrogens (tertiary/aromatic N) is 2. The third-order valence-electron chi connectivity index (χ3n) is 4.17. The Hall–Kier alpha value is -1.62. The van der Waals surface area contributed by atoms with E-state index in [-0.39, 0.29) is 5.54 Å². The van der Waals surface area contributed by atoms with Crippen molar-refractivity contribution in [1.82, 2.24) is 15.0 Å². The molecule has 1 saturated carbocycles. The molecule has 2 aromatic rings. The summed E-state index contributed by atoms with van der Waals surface area (Å²) in [6, 6.07) is 3.77. The zero-order chi connectivity index (χ0) is 13.5. The van der Waals surface area contributed by atoms with Gasteiger partial charge in [-0.3, -0.25) is 0 Å². The van der Waals surface area contributed by atoms with Gasteiger partial charge in [0.05, 0.1) is 18.2 Å². The number of aromatic nitrogens is 3. The highest BCUT2D eigenvalue weighted by Crippen LogP contribution is 2.36. The van der Waals surface area contributed by atoms with Crippen LogP contribution in [0, 0.1) is 5.92 Å². The Labute approximate surface area is 112 Å². The molecule has 2 heterocycles. The van der Waals surface area contributed by atoms with Crippen molar-refractivity contribution in [2.24, 2.45) is 11.7 Å². The van der Waals surface area contributed by atoms with Crippen molar-refractivity contribution in [1.29, 1.82) is 0 Å². The number of hydrogen-bond acceptors (Lipinski definition) is 4. The van der Waals surface area contributed by atoms with Gasteiger partial charge in [0.2, 0.25) is 5.88 Å². The predicted octanol–water partition coefficient (Wildman–Crippen LogP) is 2.33. The smallest absolute Gasteiger partial charge is 0.215 e. The summed E-state index contributed by atoms with van der Waals surface area (Å²) < 4.78 is 5.12. The van der Waals surface area contributed by atoms with E-state index in [2.05, 4.69) is 21.9 Å². The molecule has 0 amide bonds. The lowest BCUT2D eigenvalue weighted by molar-refractivity contribution is 0.238. The summed E-state index contributed by atoms with van der Waals surface area (Å²) in [6.07, 6.45) is 4.27. The van der Waals surface area contributed by atoms with Crippen LogP contribution < -0.4 is 10.5 Å². The number of ether oxygens (including phenoxy) is 1. The maximum absolute atomic E-state index is 6.52. The van der Waals surface area contributed by atoms with Gasteiger partial charge in [-0.1, -0.05) is 6.92 Å². The second-order valence-corrected chi connectivity index (χ2v) is 5.65. The highest BCUT2D eigenvalue weighted by Gasteiger charge is 2.34. The molecule has 0 radical (unpaired) electrons. The number of hydrogen-bond donors (Lipinski definition) is 2. The standard InChI is InChI=1S/C14H20N4O/c1-9-5-7-14(15,8-6-9)13-16-10-3-4-11(19-2)17-12(10)18-13/h3-4,9H,5-8,15H2,1-2H3,(H,16,17,18). The number of nitrogens with two attached hydrogens (primary N) is 1. The zero-order valence-corrected chi connectivity index (χ0v) is 11.4. The molecule has 0 aliphatic heterocycles. The van der Waals surface area contributed by atoms with Crippen molar-refractivity contribution in [3.05, 3.63) is 18.0 Å². The average Bonchev–Trinajstić information content (AvgIpc) is 2.86. The minimum atomic E-state index is -0.333. The fourth-order valence-electron chi connectivity index (χ4n) is 2.74. The fourth-order valence-corrected chi connectivity index (χ4v) is 2.74. The summed E-state index contributed by atoms with van der Waals surface area (Å²) in [5.74, 6) is 2.20. The summed E-state index contributed by atoms with van der Waals surface area (Å²) in [4.78, 5) is 12.2. The summed E-state index contributed by atoms with van der Waals surface area (Å²) in [7, 11) is 1.61. The molecule has 5 heteroatoms. The van der Waals surface area contributed by atoms with Crippen molar-refractivity contribution in [2.75, 3.05) is 7.11 Å². The van der Waals surface area contributed by atoms with Gasteiger partial charge in [-0.2, -0.15) is 4.98 Å². The number of imidazole rings is 1. The van der Waals surface area contributed by atoms with E-state index in [4.69, 9.17) is 10.5 Å². The number of nitrogens with one attached hydrogen (secondary N) is 1. The van der Waals surface area contributed by atoms with Crippen LogP contribution in [-0.2, 0) is 5.54 Å². The largest absolute Gasteiger partial charge is 0.481 e. The van der Waals surface area contributed by atoms with Crippen LogP contribution in [0.5, 0.6) is 5.88 Å². The van der Waals surface area contributed by atoms with Gasteiger partial charge in [0.1, 0.15) is 5.82 Å². The van der Waals surface area contributed by atoms with Crippen LogP contribution in [0.3, 0.4) is 0 Å². The minimum absolute atomic E-state index is 0.333. The number of aromatic amines is 1. The second-order valence-electron chi connectivity index (χ2n) is 5.65. The molecule has 1 aliphatic rings. The fraction of sp³-hybridized carbons (Fsp3) is 0.571. The Morgan fingerprint density at radius 3 is 2.74 bits per heavy atom. The van der Waals surface area contributed by atoms with Crippen LogP contribution in [0.25, 0.3) is 11.2 Å². The monoisotopic (exact) mass is 260 g/mol. The number of H-pyrrole nitrogens is 1. The van der Waals surface area contributed by atoms with Gasteiger partial charge in [0.25, 0.3) is 0 Å². The van der Waals surface area contributed by atoms with E-state index in [1.165, 1.54) is 0 Å². The lowest BCUT2D eigenvalue weighted by Crippen LogP contribution is -2.41. The Bertz CT molecular complexity index is 584. The van der Waals surface area contributed by atoms with Crippen molar-refractivity contribution in [3.8, 4) is 5.88 Å². The molecule has 0 saturated heterocycles. The molecule has 0 bridgehead atoms. The Balaban J connectivity index is 1.96. The predicted molar refractivity (Wildman–Crippen MR) is 73.9 cm³/mol. The minimum Gasteiger partial charge on any atom is -0.481 e. The molecule has 0 atom stereocenters. The summed E-state index contributed by atoms with van der Waals surface area (Å²) in [6.45, 7) is 2.28. The van der Waals surface area contributed by atoms with Gasteiger partial charge in [0.15, 0.2) is 5.65 Å². The molecule has 5 nitrogen and oxygen atoms in total. The van der Waals surface area contributed by atoms with Crippen LogP contribution in [0.4, 0.5) is 0 Å². The second kappa shape index (κ2) is 4.49. The summed E-state index contributed by atoms with van der Waals surface area (Å²) in [5.41, 5.74) is 7.79. The first-order valence-electron chi connectivity index (χ1n) is 6.81. The Kier molecular flexibility index (Phi) is 2.93. The van der Waals surface area contributed by atoms with E-state index in [9.17, 15) is 0 Å². The van der Waals surface area contributed by atoms with E-state index in [0.717, 1.165) is 42.9 Å². The van der Waals surface area contributed by atoms with E-state index in [0.29, 0.717) is 11.5 Å². The van der Waals surface area contributed by atoms with Gasteiger partial charge in [-0.25, -0.2) is 4.98 Å². The first kappa shape index (κ1) is 12.4. The number of pyridine rings is 1. The van der Waals surface area contributed by atoms with Gasteiger partial charge >= 0.3 is 0 Å². The maximum atomic E-state index is 6.52. The molecule has 102 valence electrons. The molecule has 0 unspecified atom stereocenters. The van der Waals surface area contributed by atoms with Crippen LogP contribution in [0.1, 0.15) is 38.4 Å². The lowest BCUT2D eigenvalue weighted by atomic mass is 9.77. The number of methoxy groups -OCH3 is 1. The van der Waals surface area contributed by atoms with Gasteiger partial charge in [0, 0.05) is 6.07 Å². The number of rotatable bonds is 2. The molecule has 3 rings (SSSR count). The van der Waals surface area contributed by atoms with E-state index >= 15 is 0 Å². The van der Waals surface area contributed by atoms with Crippen molar-refractivity contribution < 1.29 is 4.74 Å². The van der Waals surface area contributed by atoms with Gasteiger partial charge in [-0.05, 0) is 37.7 Å². The number of fused-ring (bicyclic) bond motifs is 1. The third kappa shape index (κ3) is 2.18. The highest BCUT2D eigenvalue weighted by molar-refractivity contribution is 5.71. The molecule has 0 aromatic carbocycles. The molecule has 2 aromatic heterocycles. The van der Waals surface area contributed by atoms with Crippen LogP contribution in [0.15, 0.2) is 12.1 Å². The SMILES string of the molecule is COc1ccc2[nH]c(C3(N)CCC(C)CC3)nc2n1. The van der Waals surface area contributed by atoms with Crippen LogP contribution >= 0.6 is 0 Å². The Morgan fingerprint density at radius 1 is 1.32 bits per heavy atom. The first-order chi connectivity index (χ1) is 9.10. The van der Waals surface area contributed by atoms with E-state index < -0.39 is 0 Å². The van der Waals surface area contributed by atoms with Gasteiger partial charge < -0.3 is 15.5 Å². The third-order valence-corrected chi connectivity index (χ3v) is 4.17. The highest BCUT2D eigenvalue weighted by atomic mass is 16.5. The maximum Gasteiger partial charge on any atom is 0.215 e. The summed E-state index contributed by atoms with van der Waals surface area (Å²) in [5, 5.41) is 0. The molecular formula is C14H20N4O. The molecule has 3 N–H and O–H groups in total. The normalized spacial score (nSPS) is 27.6. The van der Waals surface area contributed by atoms with Crippen molar-refractivity contribution >= 4 is 11.2 Å². The molecule has 19 heavy (non-hydrogen) atoms. The van der Waals surface area contributed by atoms with Crippen molar-refractivity contribution in [3.63, 3.8) is 0 Å². The molecule has 1 fully saturated rings. The topological polar surface area (TPSA) is 76.8 Å². The summed E-state index contributed by atoms with van der Waals surface area (Å²) >= 11 is 0. The lowest BCUT2D eigenvalue weighted by Gasteiger charge is -2.34. The van der Waals surface area contributed by atoms with Crippen LogP contribution in [-0.4, -0.2) is 22.1 Å². The van der Waals surface area contributed by atoms with E-state index in [1.54, 1.807) is 7.11 Å².